The number of anilines is 1. The summed E-state index contributed by atoms with van der Waals surface area (Å²) >= 11 is 2.03. The van der Waals surface area contributed by atoms with Gasteiger partial charge in [-0.3, -0.25) is 0 Å². The van der Waals surface area contributed by atoms with E-state index in [0.717, 1.165) is 0 Å². The van der Waals surface area contributed by atoms with Gasteiger partial charge < -0.3 is 9.73 Å². The Morgan fingerprint density at radius 1 is 1.56 bits per heavy atom. The Bertz CT molecular complexity index is 587. The molecule has 6 heteroatoms. The molecule has 2 aromatic rings. The number of aromatic nitrogens is 1. The summed E-state index contributed by atoms with van der Waals surface area (Å²) in [4.78, 5) is 4.12. The van der Waals surface area contributed by atoms with Crippen molar-refractivity contribution in [1.29, 1.82) is 0 Å². The van der Waals surface area contributed by atoms with Crippen molar-refractivity contribution in [2.45, 2.75) is 0 Å². The molecule has 0 amide bonds. The van der Waals surface area contributed by atoms with E-state index in [4.69, 9.17) is 4.42 Å². The lowest BCUT2D eigenvalue weighted by Crippen LogP contribution is -1.85. The number of halogens is 2. The van der Waals surface area contributed by atoms with Gasteiger partial charge in [-0.1, -0.05) is 5.92 Å². The number of fused-ring (bicyclic) bond motifs is 1. The highest BCUT2D eigenvalue weighted by Gasteiger charge is 2.08. The predicted octanol–water partition coefficient (Wildman–Crippen LogP) is 3.40. The lowest BCUT2D eigenvalue weighted by Gasteiger charge is -1.92. The first-order valence-corrected chi connectivity index (χ1v) is 7.67. The van der Waals surface area contributed by atoms with Crippen molar-refractivity contribution in [2.75, 3.05) is 12.4 Å². The molecule has 1 N–H and O–H groups in total. The van der Waals surface area contributed by atoms with Crippen LogP contribution in [0, 0.1) is 17.0 Å². The Kier molecular flexibility index (Phi) is 3.56. The van der Waals surface area contributed by atoms with Crippen LogP contribution in [0.1, 0.15) is 5.56 Å². The molecule has 0 aliphatic heterocycles. The number of hydrogen-bond acceptors (Lipinski definition) is 4. The van der Waals surface area contributed by atoms with Crippen molar-refractivity contribution < 1.29 is 8.81 Å². The zero-order valence-corrected chi connectivity index (χ0v) is 11.1. The number of nitrogens with zero attached hydrogens (tertiary/aromatic N) is 1. The van der Waals surface area contributed by atoms with Crippen LogP contribution in [0.25, 0.3) is 11.1 Å². The van der Waals surface area contributed by atoms with Gasteiger partial charge in [0.2, 0.25) is 0 Å². The summed E-state index contributed by atoms with van der Waals surface area (Å²) in [5.41, 5.74) is 1.33. The fourth-order valence-electron chi connectivity index (χ4n) is 1.23. The molecule has 0 atom stereocenters. The third-order valence-electron chi connectivity index (χ3n) is 1.92. The molecule has 1 aromatic heterocycles. The number of oxazole rings is 1. The molecular formula is C10H6FIN2OS. The first-order chi connectivity index (χ1) is 7.74. The highest BCUT2D eigenvalue weighted by Crippen LogP contribution is 2.22. The molecule has 0 saturated carbocycles. The third kappa shape index (κ3) is 2.25. The van der Waals surface area contributed by atoms with Gasteiger partial charge >= 0.3 is 0 Å². The average Bonchev–Trinajstić information content (AvgIpc) is 2.67. The third-order valence-corrected chi connectivity index (χ3v) is 2.76. The summed E-state index contributed by atoms with van der Waals surface area (Å²) in [5.74, 6) is 2.31. The summed E-state index contributed by atoms with van der Waals surface area (Å²) in [6, 6.07) is 3.24. The van der Waals surface area contributed by atoms with E-state index in [0.29, 0.717) is 22.7 Å². The van der Waals surface area contributed by atoms with E-state index in [1.165, 1.54) is 15.0 Å². The highest BCUT2D eigenvalue weighted by molar-refractivity contribution is 14.2. The largest absolute Gasteiger partial charge is 0.423 e. The number of hydrogen-bond donors (Lipinski definition) is 1. The second kappa shape index (κ2) is 4.93. The summed E-state index contributed by atoms with van der Waals surface area (Å²) in [6.45, 7) is 0. The lowest BCUT2D eigenvalue weighted by atomic mass is 10.2. The number of nitrogens with one attached hydrogen (secondary N) is 1. The summed E-state index contributed by atoms with van der Waals surface area (Å²) in [6.07, 6.45) is 0. The number of rotatable bonds is 1. The van der Waals surface area contributed by atoms with Gasteiger partial charge in [0.05, 0.1) is 5.56 Å². The first-order valence-electron chi connectivity index (χ1n) is 4.31. The zero-order valence-electron chi connectivity index (χ0n) is 8.17. The molecule has 2 rings (SSSR count). The van der Waals surface area contributed by atoms with Crippen LogP contribution >= 0.6 is 30.1 Å². The Morgan fingerprint density at radius 2 is 2.38 bits per heavy atom. The van der Waals surface area contributed by atoms with Crippen LogP contribution in [0.2, 0.25) is 0 Å². The molecule has 0 saturated heterocycles. The minimum atomic E-state index is -0.399. The van der Waals surface area contributed by atoms with E-state index in [1.807, 2.05) is 21.2 Å². The van der Waals surface area contributed by atoms with E-state index < -0.39 is 5.82 Å². The minimum absolute atomic E-state index is 0.326. The molecule has 1 aromatic carbocycles. The van der Waals surface area contributed by atoms with Gasteiger partial charge in [0.25, 0.3) is 6.01 Å². The van der Waals surface area contributed by atoms with E-state index >= 15 is 0 Å². The quantitative estimate of drug-likeness (QED) is 0.633. The maximum Gasteiger partial charge on any atom is 0.295 e. The molecule has 16 heavy (non-hydrogen) atoms. The van der Waals surface area contributed by atoms with Crippen LogP contribution in [0.4, 0.5) is 10.4 Å². The molecule has 0 aliphatic carbocycles. The number of benzene rings is 1. The summed E-state index contributed by atoms with van der Waals surface area (Å²) in [5, 5.41) is 5.49. The molecule has 0 unspecified atom stereocenters. The van der Waals surface area contributed by atoms with Crippen LogP contribution in [-0.4, -0.2) is 12.0 Å². The van der Waals surface area contributed by atoms with Crippen LogP contribution in [0.3, 0.4) is 0 Å². The van der Waals surface area contributed by atoms with Gasteiger partial charge in [0.1, 0.15) is 11.3 Å². The van der Waals surface area contributed by atoms with Crippen LogP contribution in [0.5, 0.6) is 0 Å². The second-order valence-electron chi connectivity index (χ2n) is 2.87. The highest BCUT2D eigenvalue weighted by atomic mass is 127. The molecule has 0 bridgehead atoms. The lowest BCUT2D eigenvalue weighted by molar-refractivity contribution is 0.601. The Balaban J connectivity index is 2.56. The molecule has 0 spiro atoms. The molecule has 0 radical (unpaired) electrons. The van der Waals surface area contributed by atoms with Gasteiger partial charge in [-0.25, -0.2) is 4.39 Å². The average molecular weight is 348 g/mol. The first kappa shape index (κ1) is 11.5. The van der Waals surface area contributed by atoms with Crippen molar-refractivity contribution in [3.8, 4) is 11.2 Å². The van der Waals surface area contributed by atoms with E-state index in [-0.39, 0.29) is 0 Å². The van der Waals surface area contributed by atoms with Gasteiger partial charge in [-0.05, 0) is 20.3 Å². The normalized spacial score (nSPS) is 9.94. The van der Waals surface area contributed by atoms with E-state index in [1.54, 1.807) is 13.1 Å². The van der Waals surface area contributed by atoms with E-state index in [2.05, 4.69) is 21.5 Å². The second-order valence-corrected chi connectivity index (χ2v) is 4.55. The Labute approximate surface area is 108 Å². The van der Waals surface area contributed by atoms with Crippen LogP contribution < -0.4 is 5.32 Å². The Hall–Kier alpha value is -0.940. The zero-order chi connectivity index (χ0) is 11.5. The molecule has 3 nitrogen and oxygen atoms in total. The molecule has 0 aliphatic rings. The molecule has 0 fully saturated rings. The fraction of sp³-hybridized carbons (Fsp3) is 0.100. The molecular weight excluding hydrogens is 342 g/mol. The smallest absolute Gasteiger partial charge is 0.295 e. The van der Waals surface area contributed by atoms with Gasteiger partial charge in [0.15, 0.2) is 5.58 Å². The summed E-state index contributed by atoms with van der Waals surface area (Å²) in [7, 11) is 3.00. The minimum Gasteiger partial charge on any atom is -0.423 e. The molecule has 1 heterocycles. The van der Waals surface area contributed by atoms with Crippen molar-refractivity contribution in [1.82, 2.24) is 4.98 Å². The SMILES string of the molecule is CNc1nc2cc(C#CSI)c(F)cc2o1. The van der Waals surface area contributed by atoms with Crippen LogP contribution in [-0.2, 0) is 0 Å². The van der Waals surface area contributed by atoms with Gasteiger partial charge in [0, 0.05) is 34.3 Å². The summed E-state index contributed by atoms with van der Waals surface area (Å²) < 4.78 is 18.8. The van der Waals surface area contributed by atoms with Crippen LogP contribution in [0.15, 0.2) is 16.5 Å². The van der Waals surface area contributed by atoms with Gasteiger partial charge in [-0.2, -0.15) is 4.98 Å². The van der Waals surface area contributed by atoms with Gasteiger partial charge in [-0.15, -0.1) is 0 Å². The van der Waals surface area contributed by atoms with Crippen molar-refractivity contribution in [3.05, 3.63) is 23.5 Å². The van der Waals surface area contributed by atoms with E-state index in [9.17, 15) is 4.39 Å². The Morgan fingerprint density at radius 3 is 3.06 bits per heavy atom. The predicted molar refractivity (Wildman–Crippen MR) is 72.0 cm³/mol. The molecule has 82 valence electrons. The maximum absolute atomic E-state index is 13.5. The van der Waals surface area contributed by atoms with Crippen molar-refractivity contribution >= 4 is 47.3 Å². The fourth-order valence-corrected chi connectivity index (χ4v) is 1.70. The maximum atomic E-state index is 13.5. The standard InChI is InChI=1S/C10H6FIN2OS/c1-13-10-14-8-4-6(2-3-16-12)7(11)5-9(8)15-10/h4-5H,1H3,(H,13,14). The van der Waals surface area contributed by atoms with Crippen molar-refractivity contribution in [3.63, 3.8) is 0 Å². The topological polar surface area (TPSA) is 38.1 Å². The van der Waals surface area contributed by atoms with Crippen molar-refractivity contribution in [2.24, 2.45) is 0 Å². The monoisotopic (exact) mass is 348 g/mol.